The summed E-state index contributed by atoms with van der Waals surface area (Å²) in [6.07, 6.45) is 0. The molecule has 0 aromatic heterocycles. The van der Waals surface area contributed by atoms with Gasteiger partial charge in [-0.05, 0) is 55.0 Å². The number of hydrogen-bond donors (Lipinski definition) is 2. The number of benzene rings is 3. The van der Waals surface area contributed by atoms with Crippen LogP contribution >= 0.6 is 23.2 Å². The highest BCUT2D eigenvalue weighted by Gasteiger charge is 2.17. The zero-order valence-corrected chi connectivity index (χ0v) is 18.2. The van der Waals surface area contributed by atoms with Crippen molar-refractivity contribution < 1.29 is 17.9 Å². The molecule has 2 N–H and O–H groups in total. The number of nitrogens with one attached hydrogen (secondary N) is 2. The molecule has 0 saturated heterocycles. The van der Waals surface area contributed by atoms with Crippen LogP contribution in [0.15, 0.2) is 71.6 Å². The summed E-state index contributed by atoms with van der Waals surface area (Å²) < 4.78 is 33.0. The molecule has 0 bridgehead atoms. The smallest absolute Gasteiger partial charge is 0.262 e. The fourth-order valence-electron chi connectivity index (χ4n) is 2.56. The van der Waals surface area contributed by atoms with Gasteiger partial charge in [0, 0.05) is 5.69 Å². The number of amides is 1. The van der Waals surface area contributed by atoms with Crippen LogP contribution in [0.5, 0.6) is 5.75 Å². The maximum absolute atomic E-state index is 12.6. The molecule has 0 aliphatic rings. The largest absolute Gasteiger partial charge is 0.483 e. The summed E-state index contributed by atoms with van der Waals surface area (Å²) in [7, 11) is -3.88. The lowest BCUT2D eigenvalue weighted by Gasteiger charge is -2.12. The Hall–Kier alpha value is -2.74. The van der Waals surface area contributed by atoms with Crippen LogP contribution in [-0.2, 0) is 14.8 Å². The van der Waals surface area contributed by atoms with Crippen LogP contribution in [0.4, 0.5) is 11.4 Å². The Kier molecular flexibility index (Phi) is 6.87. The monoisotopic (exact) mass is 464 g/mol. The minimum absolute atomic E-state index is 0.00713. The van der Waals surface area contributed by atoms with Crippen molar-refractivity contribution in [3.63, 3.8) is 0 Å². The quantitative estimate of drug-likeness (QED) is 0.507. The van der Waals surface area contributed by atoms with Gasteiger partial charge in [-0.3, -0.25) is 9.52 Å². The van der Waals surface area contributed by atoms with E-state index < -0.39 is 10.0 Å². The van der Waals surface area contributed by atoms with Gasteiger partial charge in [0.2, 0.25) is 0 Å². The summed E-state index contributed by atoms with van der Waals surface area (Å²) >= 11 is 11.9. The summed E-state index contributed by atoms with van der Waals surface area (Å²) in [6.45, 7) is 1.72. The number of rotatable bonds is 7. The highest BCUT2D eigenvalue weighted by molar-refractivity contribution is 7.92. The molecule has 156 valence electrons. The van der Waals surface area contributed by atoms with Gasteiger partial charge in [-0.25, -0.2) is 8.42 Å². The van der Waals surface area contributed by atoms with Crippen LogP contribution in [-0.4, -0.2) is 20.9 Å². The summed E-state index contributed by atoms with van der Waals surface area (Å²) in [5.74, 6) is 0.262. The van der Waals surface area contributed by atoms with Gasteiger partial charge < -0.3 is 10.1 Å². The van der Waals surface area contributed by atoms with E-state index in [1.807, 2.05) is 25.1 Å². The van der Waals surface area contributed by atoms with Gasteiger partial charge >= 0.3 is 0 Å². The molecule has 1 amide bonds. The van der Waals surface area contributed by atoms with Crippen LogP contribution in [0.2, 0.25) is 10.0 Å². The number of hydrogen-bond acceptors (Lipinski definition) is 4. The van der Waals surface area contributed by atoms with E-state index in [4.69, 9.17) is 27.9 Å². The Labute approximate surface area is 184 Å². The van der Waals surface area contributed by atoms with Crippen LogP contribution in [0.3, 0.4) is 0 Å². The standard InChI is InChI=1S/C21H18Cl2N2O4S/c1-14-5-2-3-8-19(14)29-13-20(26)24-15-9-11-16(12-10-15)30(27,28)25-18-7-4-6-17(22)21(18)23/h2-12,25H,13H2,1H3,(H,24,26). The summed E-state index contributed by atoms with van der Waals surface area (Å²) in [5, 5.41) is 3.01. The predicted octanol–water partition coefficient (Wildman–Crippen LogP) is 5.12. The van der Waals surface area contributed by atoms with E-state index in [-0.39, 0.29) is 33.1 Å². The van der Waals surface area contributed by atoms with Gasteiger partial charge in [0.25, 0.3) is 15.9 Å². The lowest BCUT2D eigenvalue weighted by molar-refractivity contribution is -0.118. The SMILES string of the molecule is Cc1ccccc1OCC(=O)Nc1ccc(S(=O)(=O)Nc2cccc(Cl)c2Cl)cc1. The second kappa shape index (κ2) is 9.38. The Bertz CT molecular complexity index is 1170. The first-order valence-corrected chi connectivity index (χ1v) is 11.1. The van der Waals surface area contributed by atoms with E-state index in [1.165, 1.54) is 30.3 Å². The molecule has 9 heteroatoms. The molecule has 30 heavy (non-hydrogen) atoms. The van der Waals surface area contributed by atoms with Crippen LogP contribution in [0.25, 0.3) is 0 Å². The number of carbonyl (C=O) groups is 1. The number of halogens is 2. The van der Waals surface area contributed by atoms with Gasteiger partial charge in [-0.15, -0.1) is 0 Å². The lowest BCUT2D eigenvalue weighted by atomic mass is 10.2. The molecule has 3 aromatic rings. The van der Waals surface area contributed by atoms with Crippen LogP contribution < -0.4 is 14.8 Å². The van der Waals surface area contributed by atoms with Crippen molar-refractivity contribution >= 4 is 50.5 Å². The van der Waals surface area contributed by atoms with Crippen molar-refractivity contribution in [2.45, 2.75) is 11.8 Å². The van der Waals surface area contributed by atoms with Crippen LogP contribution in [0.1, 0.15) is 5.56 Å². The van der Waals surface area contributed by atoms with Crippen LogP contribution in [0, 0.1) is 6.92 Å². The summed E-state index contributed by atoms with van der Waals surface area (Å²) in [4.78, 5) is 12.1. The molecule has 0 aliphatic carbocycles. The van der Waals surface area contributed by atoms with E-state index in [2.05, 4.69) is 10.0 Å². The molecule has 0 fully saturated rings. The molecule has 0 spiro atoms. The highest BCUT2D eigenvalue weighted by Crippen LogP contribution is 2.31. The van der Waals surface area contributed by atoms with Crippen molar-refractivity contribution in [3.8, 4) is 5.75 Å². The normalized spacial score (nSPS) is 11.0. The first-order chi connectivity index (χ1) is 14.3. The topological polar surface area (TPSA) is 84.5 Å². The van der Waals surface area contributed by atoms with Crippen molar-refractivity contribution in [1.29, 1.82) is 0 Å². The van der Waals surface area contributed by atoms with Gasteiger partial charge in [0.15, 0.2) is 6.61 Å². The second-order valence-electron chi connectivity index (χ2n) is 6.33. The predicted molar refractivity (Wildman–Crippen MR) is 119 cm³/mol. The maximum Gasteiger partial charge on any atom is 0.262 e. The van der Waals surface area contributed by atoms with E-state index in [0.29, 0.717) is 11.4 Å². The molecule has 0 unspecified atom stereocenters. The zero-order chi connectivity index (χ0) is 21.7. The zero-order valence-electron chi connectivity index (χ0n) is 15.9. The molecule has 6 nitrogen and oxygen atoms in total. The Morgan fingerprint density at radius 3 is 2.37 bits per heavy atom. The third kappa shape index (κ3) is 5.44. The minimum Gasteiger partial charge on any atom is -0.483 e. The molecular weight excluding hydrogens is 447 g/mol. The van der Waals surface area contributed by atoms with Crippen molar-refractivity contribution in [3.05, 3.63) is 82.3 Å². The minimum atomic E-state index is -3.88. The molecule has 0 atom stereocenters. The lowest BCUT2D eigenvalue weighted by Crippen LogP contribution is -2.20. The van der Waals surface area contributed by atoms with E-state index in [9.17, 15) is 13.2 Å². The van der Waals surface area contributed by atoms with Gasteiger partial charge in [-0.1, -0.05) is 47.5 Å². The van der Waals surface area contributed by atoms with E-state index in [1.54, 1.807) is 18.2 Å². The third-order valence-corrected chi connectivity index (χ3v) is 6.30. The Morgan fingerprint density at radius 1 is 0.967 bits per heavy atom. The molecule has 3 rings (SSSR count). The third-order valence-electron chi connectivity index (χ3n) is 4.10. The highest BCUT2D eigenvalue weighted by atomic mass is 35.5. The Balaban J connectivity index is 1.63. The fraction of sp³-hybridized carbons (Fsp3) is 0.0952. The molecule has 0 saturated carbocycles. The number of ether oxygens (including phenoxy) is 1. The van der Waals surface area contributed by atoms with E-state index >= 15 is 0 Å². The first-order valence-electron chi connectivity index (χ1n) is 8.81. The second-order valence-corrected chi connectivity index (χ2v) is 8.80. The number of aryl methyl sites for hydroxylation is 1. The molecule has 0 heterocycles. The maximum atomic E-state index is 12.6. The van der Waals surface area contributed by atoms with Crippen molar-refractivity contribution in [2.75, 3.05) is 16.6 Å². The van der Waals surface area contributed by atoms with Gasteiger partial charge in [0.1, 0.15) is 5.75 Å². The van der Waals surface area contributed by atoms with Gasteiger partial charge in [-0.2, -0.15) is 0 Å². The molecule has 0 aliphatic heterocycles. The average Bonchev–Trinajstić information content (AvgIpc) is 2.71. The molecule has 3 aromatic carbocycles. The van der Waals surface area contributed by atoms with Gasteiger partial charge in [0.05, 0.1) is 20.6 Å². The van der Waals surface area contributed by atoms with Crippen molar-refractivity contribution in [2.24, 2.45) is 0 Å². The number of sulfonamides is 1. The summed E-state index contributed by atoms with van der Waals surface area (Å²) in [5.41, 5.74) is 1.54. The first kappa shape index (κ1) is 22.0. The van der Waals surface area contributed by atoms with E-state index in [0.717, 1.165) is 5.56 Å². The number of anilines is 2. The molecule has 0 radical (unpaired) electrons. The number of carbonyl (C=O) groups excluding carboxylic acids is 1. The average molecular weight is 465 g/mol. The van der Waals surface area contributed by atoms with Crippen molar-refractivity contribution in [1.82, 2.24) is 0 Å². The summed E-state index contributed by atoms with van der Waals surface area (Å²) in [6, 6.07) is 17.7. The number of para-hydroxylation sites is 1. The molecular formula is C21H18Cl2N2O4S. The fourth-order valence-corrected chi connectivity index (χ4v) is 4.04. The Morgan fingerprint density at radius 2 is 1.67 bits per heavy atom.